The van der Waals surface area contributed by atoms with Crippen molar-refractivity contribution in [3.8, 4) is 0 Å². The van der Waals surface area contributed by atoms with Crippen molar-refractivity contribution < 1.29 is 9.59 Å². The summed E-state index contributed by atoms with van der Waals surface area (Å²) in [6.45, 7) is 2.95. The summed E-state index contributed by atoms with van der Waals surface area (Å²) < 4.78 is 0. The third kappa shape index (κ3) is 4.78. The van der Waals surface area contributed by atoms with Crippen molar-refractivity contribution in [3.05, 3.63) is 24.3 Å². The zero-order valence-electron chi connectivity index (χ0n) is 13.0. The minimum absolute atomic E-state index is 0.0828. The van der Waals surface area contributed by atoms with Crippen LogP contribution in [0.1, 0.15) is 25.1 Å². The molecule has 0 saturated heterocycles. The van der Waals surface area contributed by atoms with E-state index >= 15 is 0 Å². The fourth-order valence-corrected chi connectivity index (χ4v) is 1.98. The van der Waals surface area contributed by atoms with Crippen molar-refractivity contribution in [2.45, 2.75) is 19.4 Å². The van der Waals surface area contributed by atoms with Crippen LogP contribution in [-0.4, -0.2) is 65.8 Å². The molecule has 0 bridgehead atoms. The number of nitrogens with one attached hydrogen (secondary N) is 1. The molecule has 7 nitrogen and oxygen atoms in total. The van der Waals surface area contributed by atoms with Crippen molar-refractivity contribution in [3.63, 3.8) is 0 Å². The van der Waals surface area contributed by atoms with Gasteiger partial charge < -0.3 is 10.2 Å². The normalized spacial score (nSPS) is 12.0. The van der Waals surface area contributed by atoms with Crippen LogP contribution in [0.3, 0.4) is 0 Å². The number of amides is 2. The van der Waals surface area contributed by atoms with Gasteiger partial charge in [-0.3, -0.25) is 24.5 Å². The first-order valence-corrected chi connectivity index (χ1v) is 6.93. The number of likely N-dealkylation sites (N-methyl/N-ethyl adjacent to an activating group) is 3. The Labute approximate surface area is 125 Å². The molecular weight excluding hydrogens is 270 g/mol. The lowest BCUT2D eigenvalue weighted by Gasteiger charge is -2.28. The molecule has 0 aliphatic rings. The van der Waals surface area contributed by atoms with E-state index in [0.717, 1.165) is 0 Å². The molecule has 116 valence electrons. The zero-order chi connectivity index (χ0) is 15.8. The average molecular weight is 293 g/mol. The molecule has 1 N–H and O–H groups in total. The largest absolute Gasteiger partial charge is 0.357 e. The van der Waals surface area contributed by atoms with E-state index in [4.69, 9.17) is 0 Å². The third-order valence-corrected chi connectivity index (χ3v) is 3.32. The van der Waals surface area contributed by atoms with Gasteiger partial charge in [0.05, 0.1) is 11.9 Å². The molecule has 0 aliphatic heterocycles. The Hall–Kier alpha value is -2.02. The van der Waals surface area contributed by atoms with Gasteiger partial charge in [-0.2, -0.15) is 0 Å². The molecule has 1 heterocycles. The maximum Gasteiger partial charge on any atom is 0.243 e. The molecular formula is C14H23N5O2. The molecule has 0 fully saturated rings. The predicted octanol–water partition coefficient (Wildman–Crippen LogP) is 0.0639. The molecule has 21 heavy (non-hydrogen) atoms. The quantitative estimate of drug-likeness (QED) is 0.769. The predicted molar refractivity (Wildman–Crippen MR) is 79.4 cm³/mol. The summed E-state index contributed by atoms with van der Waals surface area (Å²) in [4.78, 5) is 35.4. The Bertz CT molecular complexity index is 466. The van der Waals surface area contributed by atoms with Gasteiger partial charge in [-0.05, 0) is 7.05 Å². The lowest BCUT2D eigenvalue weighted by atomic mass is 10.1. The lowest BCUT2D eigenvalue weighted by molar-refractivity contribution is -0.129. The van der Waals surface area contributed by atoms with E-state index in [2.05, 4.69) is 15.3 Å². The fraction of sp³-hybridized carbons (Fsp3) is 0.571. The van der Waals surface area contributed by atoms with E-state index in [1.807, 2.05) is 18.9 Å². The van der Waals surface area contributed by atoms with Crippen LogP contribution in [0.4, 0.5) is 0 Å². The molecule has 0 radical (unpaired) electrons. The number of carbonyl (C=O) groups excluding carboxylic acids is 2. The van der Waals surface area contributed by atoms with Crippen LogP contribution in [0, 0.1) is 0 Å². The molecule has 1 aromatic heterocycles. The first-order valence-electron chi connectivity index (χ1n) is 6.93. The molecule has 1 unspecified atom stereocenters. The van der Waals surface area contributed by atoms with Gasteiger partial charge in [-0.1, -0.05) is 6.92 Å². The van der Waals surface area contributed by atoms with E-state index in [1.54, 1.807) is 37.6 Å². The standard InChI is InChI=1S/C14H23N5O2/c1-5-12(20)18(3)8-9-19(4)13(14(21)15-2)11-10-16-6-7-17-11/h6-7,10,13H,5,8-9H2,1-4H3,(H,15,21). The molecule has 0 spiro atoms. The Morgan fingerprint density at radius 2 is 2.00 bits per heavy atom. The van der Waals surface area contributed by atoms with Gasteiger partial charge in [0.15, 0.2) is 0 Å². The smallest absolute Gasteiger partial charge is 0.243 e. The van der Waals surface area contributed by atoms with Crippen LogP contribution in [0.5, 0.6) is 0 Å². The van der Waals surface area contributed by atoms with Crippen LogP contribution in [0.25, 0.3) is 0 Å². The number of hydrogen-bond donors (Lipinski definition) is 1. The molecule has 1 atom stereocenters. The number of hydrogen-bond acceptors (Lipinski definition) is 5. The molecule has 7 heteroatoms. The number of carbonyl (C=O) groups is 2. The monoisotopic (exact) mass is 293 g/mol. The van der Waals surface area contributed by atoms with Crippen molar-refractivity contribution in [2.75, 3.05) is 34.2 Å². The van der Waals surface area contributed by atoms with Gasteiger partial charge in [0.1, 0.15) is 6.04 Å². The van der Waals surface area contributed by atoms with E-state index in [9.17, 15) is 9.59 Å². The molecule has 0 aromatic carbocycles. The Kier molecular flexibility index (Phi) is 6.74. The first kappa shape index (κ1) is 17.0. The zero-order valence-corrected chi connectivity index (χ0v) is 13.0. The van der Waals surface area contributed by atoms with Gasteiger partial charge in [0.2, 0.25) is 11.8 Å². The molecule has 0 aliphatic carbocycles. The van der Waals surface area contributed by atoms with Gasteiger partial charge in [0, 0.05) is 46.0 Å². The average Bonchev–Trinajstić information content (AvgIpc) is 2.52. The summed E-state index contributed by atoms with van der Waals surface area (Å²) in [6.07, 6.45) is 5.19. The fourth-order valence-electron chi connectivity index (χ4n) is 1.98. The minimum atomic E-state index is -0.520. The van der Waals surface area contributed by atoms with Gasteiger partial charge in [0.25, 0.3) is 0 Å². The van der Waals surface area contributed by atoms with Crippen molar-refractivity contribution in [2.24, 2.45) is 0 Å². The summed E-state index contributed by atoms with van der Waals surface area (Å²) in [7, 11) is 5.18. The van der Waals surface area contributed by atoms with Crippen LogP contribution < -0.4 is 5.32 Å². The maximum absolute atomic E-state index is 12.1. The van der Waals surface area contributed by atoms with E-state index in [1.165, 1.54) is 0 Å². The Morgan fingerprint density at radius 1 is 1.29 bits per heavy atom. The van der Waals surface area contributed by atoms with Gasteiger partial charge >= 0.3 is 0 Å². The van der Waals surface area contributed by atoms with Crippen LogP contribution in [-0.2, 0) is 9.59 Å². The van der Waals surface area contributed by atoms with E-state index in [-0.39, 0.29) is 11.8 Å². The summed E-state index contributed by atoms with van der Waals surface area (Å²) in [5.41, 5.74) is 0.587. The third-order valence-electron chi connectivity index (χ3n) is 3.32. The summed E-state index contributed by atoms with van der Waals surface area (Å²) >= 11 is 0. The minimum Gasteiger partial charge on any atom is -0.357 e. The second-order valence-corrected chi connectivity index (χ2v) is 4.80. The Morgan fingerprint density at radius 3 is 2.52 bits per heavy atom. The van der Waals surface area contributed by atoms with E-state index in [0.29, 0.717) is 25.2 Å². The van der Waals surface area contributed by atoms with Crippen LogP contribution in [0.15, 0.2) is 18.6 Å². The Balaban J connectivity index is 2.76. The maximum atomic E-state index is 12.1. The molecule has 0 saturated carbocycles. The summed E-state index contributed by atoms with van der Waals surface area (Å²) in [5, 5.41) is 2.64. The number of rotatable bonds is 7. The van der Waals surface area contributed by atoms with Crippen LogP contribution >= 0.6 is 0 Å². The molecule has 1 aromatic rings. The molecule has 1 rings (SSSR count). The SMILES string of the molecule is CCC(=O)N(C)CCN(C)C(C(=O)NC)c1cnccn1. The number of nitrogens with zero attached hydrogens (tertiary/aromatic N) is 4. The van der Waals surface area contributed by atoms with Gasteiger partial charge in [-0.25, -0.2) is 0 Å². The highest BCUT2D eigenvalue weighted by Gasteiger charge is 2.26. The van der Waals surface area contributed by atoms with E-state index < -0.39 is 6.04 Å². The van der Waals surface area contributed by atoms with Crippen molar-refractivity contribution in [1.82, 2.24) is 25.1 Å². The highest BCUT2D eigenvalue weighted by atomic mass is 16.2. The number of aromatic nitrogens is 2. The van der Waals surface area contributed by atoms with Crippen molar-refractivity contribution in [1.29, 1.82) is 0 Å². The highest BCUT2D eigenvalue weighted by molar-refractivity contribution is 5.82. The first-order chi connectivity index (χ1) is 10.0. The summed E-state index contributed by atoms with van der Waals surface area (Å²) in [6, 6.07) is -0.520. The van der Waals surface area contributed by atoms with Crippen LogP contribution in [0.2, 0.25) is 0 Å². The van der Waals surface area contributed by atoms with Gasteiger partial charge in [-0.15, -0.1) is 0 Å². The second-order valence-electron chi connectivity index (χ2n) is 4.80. The van der Waals surface area contributed by atoms with Crippen molar-refractivity contribution >= 4 is 11.8 Å². The topological polar surface area (TPSA) is 78.4 Å². The highest BCUT2D eigenvalue weighted by Crippen LogP contribution is 2.16. The lowest BCUT2D eigenvalue weighted by Crippen LogP contribution is -2.41. The second kappa shape index (κ2) is 8.31. The molecule has 2 amide bonds. The summed E-state index contributed by atoms with van der Waals surface area (Å²) in [5.74, 6) is -0.0677.